The smallest absolute Gasteiger partial charge is 0.269 e. The number of carbonyl (C=O) groups excluding carboxylic acids is 1. The molecular weight excluding hydrogens is 264 g/mol. The summed E-state index contributed by atoms with van der Waals surface area (Å²) in [6.45, 7) is 4.78. The van der Waals surface area contributed by atoms with Crippen LogP contribution >= 0.6 is 0 Å². The fourth-order valence-electron chi connectivity index (χ4n) is 2.13. The number of nitrogens with one attached hydrogen (secondary N) is 1. The number of aliphatic hydroxyl groups excluding tert-OH is 1. The minimum absolute atomic E-state index is 0.0913. The van der Waals surface area contributed by atoms with E-state index in [9.17, 15) is 9.90 Å². The number of rotatable bonds is 6. The predicted molar refractivity (Wildman–Crippen MR) is 84.2 cm³/mol. The van der Waals surface area contributed by atoms with Crippen LogP contribution in [-0.2, 0) is 0 Å². The number of aromatic nitrogens is 1. The Morgan fingerprint density at radius 3 is 2.76 bits per heavy atom. The van der Waals surface area contributed by atoms with E-state index in [1.165, 1.54) is 0 Å². The number of hydrogen-bond donors (Lipinski definition) is 2. The normalized spacial score (nSPS) is 11.6. The van der Waals surface area contributed by atoms with Crippen molar-refractivity contribution in [2.75, 3.05) is 13.2 Å². The minimum atomic E-state index is -0.150. The Morgan fingerprint density at radius 2 is 2.00 bits per heavy atom. The van der Waals surface area contributed by atoms with Crippen molar-refractivity contribution in [1.29, 1.82) is 0 Å². The Kier molecular flexibility index (Phi) is 4.91. The summed E-state index contributed by atoms with van der Waals surface area (Å²) in [5.41, 5.74) is 1.17. The molecule has 4 heteroatoms. The van der Waals surface area contributed by atoms with E-state index >= 15 is 0 Å². The number of amides is 1. The molecule has 1 heterocycles. The third-order valence-corrected chi connectivity index (χ3v) is 3.57. The fourth-order valence-corrected chi connectivity index (χ4v) is 2.13. The van der Waals surface area contributed by atoms with Gasteiger partial charge in [0.2, 0.25) is 0 Å². The van der Waals surface area contributed by atoms with Gasteiger partial charge in [0, 0.05) is 18.5 Å². The molecule has 0 fully saturated rings. The van der Waals surface area contributed by atoms with Crippen LogP contribution in [0.3, 0.4) is 0 Å². The zero-order chi connectivity index (χ0) is 15.3. The summed E-state index contributed by atoms with van der Waals surface area (Å²) >= 11 is 0. The van der Waals surface area contributed by atoms with Gasteiger partial charge in [-0.3, -0.25) is 4.79 Å². The van der Waals surface area contributed by atoms with Gasteiger partial charge in [-0.1, -0.05) is 38.1 Å². The molecule has 1 aromatic heterocycles. The number of benzene rings is 1. The second-order valence-electron chi connectivity index (χ2n) is 6.07. The molecule has 2 rings (SSSR count). The van der Waals surface area contributed by atoms with Gasteiger partial charge in [0.1, 0.15) is 5.69 Å². The van der Waals surface area contributed by atoms with Crippen LogP contribution in [0.2, 0.25) is 0 Å². The van der Waals surface area contributed by atoms with Crippen LogP contribution in [0, 0.1) is 5.41 Å². The Morgan fingerprint density at radius 1 is 1.24 bits per heavy atom. The largest absolute Gasteiger partial charge is 0.396 e. The molecule has 0 aliphatic heterocycles. The first-order chi connectivity index (χ1) is 10.0. The minimum Gasteiger partial charge on any atom is -0.396 e. The van der Waals surface area contributed by atoms with Gasteiger partial charge < -0.3 is 10.4 Å². The van der Waals surface area contributed by atoms with Gasteiger partial charge >= 0.3 is 0 Å². The second-order valence-corrected chi connectivity index (χ2v) is 6.07. The van der Waals surface area contributed by atoms with Gasteiger partial charge in [0.05, 0.1) is 5.52 Å². The molecular formula is C17H22N2O2. The molecule has 0 aliphatic rings. The number of aliphatic hydroxyl groups is 1. The zero-order valence-electron chi connectivity index (χ0n) is 12.6. The number of carbonyl (C=O) groups is 1. The first-order valence-electron chi connectivity index (χ1n) is 7.27. The number of hydrogen-bond acceptors (Lipinski definition) is 3. The third kappa shape index (κ3) is 4.26. The monoisotopic (exact) mass is 286 g/mol. The van der Waals surface area contributed by atoms with E-state index in [1.54, 1.807) is 6.07 Å². The molecule has 0 spiro atoms. The van der Waals surface area contributed by atoms with Crippen LogP contribution < -0.4 is 5.32 Å². The molecule has 0 atom stereocenters. The molecule has 1 aromatic carbocycles. The summed E-state index contributed by atoms with van der Waals surface area (Å²) in [6.07, 6.45) is 1.71. The maximum atomic E-state index is 12.1. The molecule has 112 valence electrons. The standard InChI is InChI=1S/C17H22N2O2/c1-17(2,12-20)10-5-11-18-16(21)15-9-8-13-6-3-4-7-14(13)19-15/h3-4,6-9,20H,5,10-12H2,1-2H3,(H,18,21). The molecule has 2 aromatic rings. The summed E-state index contributed by atoms with van der Waals surface area (Å²) in [6, 6.07) is 11.4. The summed E-state index contributed by atoms with van der Waals surface area (Å²) < 4.78 is 0. The quantitative estimate of drug-likeness (QED) is 0.803. The molecule has 0 bridgehead atoms. The maximum Gasteiger partial charge on any atom is 0.269 e. The number of nitrogens with zero attached hydrogens (tertiary/aromatic N) is 1. The van der Waals surface area contributed by atoms with E-state index in [0.717, 1.165) is 23.7 Å². The highest BCUT2D eigenvalue weighted by Gasteiger charge is 2.16. The molecule has 0 aliphatic carbocycles. The molecule has 21 heavy (non-hydrogen) atoms. The van der Waals surface area contributed by atoms with Crippen molar-refractivity contribution in [3.63, 3.8) is 0 Å². The molecule has 0 saturated heterocycles. The summed E-state index contributed by atoms with van der Waals surface area (Å²) in [5.74, 6) is -0.150. The number of para-hydroxylation sites is 1. The van der Waals surface area contributed by atoms with E-state index in [0.29, 0.717) is 12.2 Å². The molecule has 0 saturated carbocycles. The Hall–Kier alpha value is -1.94. The van der Waals surface area contributed by atoms with Gasteiger partial charge in [0.25, 0.3) is 5.91 Å². The van der Waals surface area contributed by atoms with Crippen LogP contribution in [0.1, 0.15) is 37.2 Å². The van der Waals surface area contributed by atoms with Gasteiger partial charge in [0.15, 0.2) is 0 Å². The Bertz CT molecular complexity index is 623. The van der Waals surface area contributed by atoms with E-state index in [2.05, 4.69) is 10.3 Å². The van der Waals surface area contributed by atoms with E-state index in [4.69, 9.17) is 0 Å². The van der Waals surface area contributed by atoms with Gasteiger partial charge in [-0.05, 0) is 30.4 Å². The lowest BCUT2D eigenvalue weighted by Gasteiger charge is -2.21. The first kappa shape index (κ1) is 15.4. The molecule has 1 amide bonds. The highest BCUT2D eigenvalue weighted by atomic mass is 16.3. The van der Waals surface area contributed by atoms with Gasteiger partial charge in [-0.2, -0.15) is 0 Å². The van der Waals surface area contributed by atoms with Crippen molar-refractivity contribution in [1.82, 2.24) is 10.3 Å². The van der Waals surface area contributed by atoms with Gasteiger partial charge in [-0.15, -0.1) is 0 Å². The predicted octanol–water partition coefficient (Wildman–Crippen LogP) is 2.76. The molecule has 0 radical (unpaired) electrons. The molecule has 4 nitrogen and oxygen atoms in total. The van der Waals surface area contributed by atoms with Crippen LogP contribution in [-0.4, -0.2) is 29.1 Å². The van der Waals surface area contributed by atoms with E-state index in [-0.39, 0.29) is 17.9 Å². The second kappa shape index (κ2) is 6.68. The van der Waals surface area contributed by atoms with Crippen molar-refractivity contribution in [2.24, 2.45) is 5.41 Å². The van der Waals surface area contributed by atoms with Crippen LogP contribution in [0.5, 0.6) is 0 Å². The van der Waals surface area contributed by atoms with Gasteiger partial charge in [-0.25, -0.2) is 4.98 Å². The zero-order valence-corrected chi connectivity index (χ0v) is 12.6. The van der Waals surface area contributed by atoms with Crippen molar-refractivity contribution in [3.8, 4) is 0 Å². The summed E-state index contributed by atoms with van der Waals surface area (Å²) in [4.78, 5) is 16.4. The maximum absolute atomic E-state index is 12.1. The number of pyridine rings is 1. The van der Waals surface area contributed by atoms with E-state index < -0.39 is 0 Å². The van der Waals surface area contributed by atoms with Crippen LogP contribution in [0.25, 0.3) is 10.9 Å². The lowest BCUT2D eigenvalue weighted by molar-refractivity contribution is 0.0944. The fraction of sp³-hybridized carbons (Fsp3) is 0.412. The van der Waals surface area contributed by atoms with Crippen molar-refractivity contribution < 1.29 is 9.90 Å². The summed E-state index contributed by atoms with van der Waals surface area (Å²) in [5, 5.41) is 13.1. The average Bonchev–Trinajstić information content (AvgIpc) is 2.51. The van der Waals surface area contributed by atoms with Crippen molar-refractivity contribution in [2.45, 2.75) is 26.7 Å². The topological polar surface area (TPSA) is 62.2 Å². The Labute approximate surface area is 125 Å². The highest BCUT2D eigenvalue weighted by molar-refractivity contribution is 5.94. The Balaban J connectivity index is 1.90. The molecule has 0 unspecified atom stereocenters. The summed E-state index contributed by atoms with van der Waals surface area (Å²) in [7, 11) is 0. The third-order valence-electron chi connectivity index (χ3n) is 3.57. The molecule has 2 N–H and O–H groups in total. The highest BCUT2D eigenvalue weighted by Crippen LogP contribution is 2.20. The van der Waals surface area contributed by atoms with Crippen molar-refractivity contribution >= 4 is 16.8 Å². The number of fused-ring (bicyclic) bond motifs is 1. The van der Waals surface area contributed by atoms with Crippen LogP contribution in [0.15, 0.2) is 36.4 Å². The SMILES string of the molecule is CC(C)(CO)CCCNC(=O)c1ccc2ccccc2n1. The lowest BCUT2D eigenvalue weighted by atomic mass is 9.89. The van der Waals surface area contributed by atoms with E-state index in [1.807, 2.05) is 44.2 Å². The van der Waals surface area contributed by atoms with Crippen LogP contribution in [0.4, 0.5) is 0 Å². The van der Waals surface area contributed by atoms with Crippen molar-refractivity contribution in [3.05, 3.63) is 42.1 Å². The first-order valence-corrected chi connectivity index (χ1v) is 7.27. The average molecular weight is 286 g/mol. The lowest BCUT2D eigenvalue weighted by Crippen LogP contribution is -2.27.